The van der Waals surface area contributed by atoms with Gasteiger partial charge in [-0.25, -0.2) is 8.78 Å². The average molecular weight is 224 g/mol. The minimum Gasteiger partial charge on any atom is -0.506 e. The van der Waals surface area contributed by atoms with E-state index in [0.29, 0.717) is 0 Å². The van der Waals surface area contributed by atoms with Crippen LogP contribution in [0.15, 0.2) is 11.0 Å². The van der Waals surface area contributed by atoms with E-state index in [1.165, 1.54) is 0 Å². The van der Waals surface area contributed by atoms with Gasteiger partial charge in [0.2, 0.25) is 0 Å². The Balaban J connectivity index is 3.49. The van der Waals surface area contributed by atoms with Crippen molar-refractivity contribution in [2.75, 3.05) is 0 Å². The lowest BCUT2D eigenvalue weighted by Gasteiger charge is -2.04. The van der Waals surface area contributed by atoms with E-state index in [9.17, 15) is 18.4 Å². The molecule has 0 aromatic carbocycles. The van der Waals surface area contributed by atoms with Crippen molar-refractivity contribution in [1.29, 1.82) is 0 Å². The third kappa shape index (κ3) is 1.74. The van der Waals surface area contributed by atoms with Crippen molar-refractivity contribution in [3.8, 4) is 5.75 Å². The van der Waals surface area contributed by atoms with Crippen molar-refractivity contribution in [2.24, 2.45) is 0 Å². The third-order valence-corrected chi connectivity index (χ3v) is 1.74. The smallest absolute Gasteiger partial charge is 0.272 e. The highest BCUT2D eigenvalue weighted by molar-refractivity contribution is 6.68. The number of hydrogen-bond donors (Lipinski definition) is 2. The summed E-state index contributed by atoms with van der Waals surface area (Å²) >= 11 is 4.97. The Morgan fingerprint density at radius 2 is 2.14 bits per heavy atom. The van der Waals surface area contributed by atoms with Crippen LogP contribution < -0.4 is 5.56 Å². The van der Waals surface area contributed by atoms with Gasteiger partial charge in [-0.05, 0) is 11.6 Å². The molecule has 2 N–H and O–H groups in total. The van der Waals surface area contributed by atoms with Gasteiger partial charge in [0, 0.05) is 6.20 Å². The molecule has 1 rings (SSSR count). The van der Waals surface area contributed by atoms with Gasteiger partial charge in [0.15, 0.2) is 0 Å². The van der Waals surface area contributed by atoms with Gasteiger partial charge < -0.3 is 10.1 Å². The molecule has 0 bridgehead atoms. The van der Waals surface area contributed by atoms with Gasteiger partial charge in [-0.15, -0.1) is 0 Å². The lowest BCUT2D eigenvalue weighted by Crippen LogP contribution is -2.14. The molecule has 0 radical (unpaired) electrons. The van der Waals surface area contributed by atoms with Crippen molar-refractivity contribution in [3.05, 3.63) is 27.7 Å². The molecule has 0 aliphatic carbocycles. The number of carbonyl (C=O) groups excluding carboxylic acids is 1. The van der Waals surface area contributed by atoms with Gasteiger partial charge in [-0.2, -0.15) is 0 Å². The van der Waals surface area contributed by atoms with E-state index in [-0.39, 0.29) is 0 Å². The molecule has 0 spiro atoms. The first-order valence-electron chi connectivity index (χ1n) is 3.37. The van der Waals surface area contributed by atoms with E-state index in [1.54, 1.807) is 0 Å². The van der Waals surface area contributed by atoms with Crippen LogP contribution in [0.25, 0.3) is 0 Å². The molecule has 14 heavy (non-hydrogen) atoms. The molecule has 0 unspecified atom stereocenters. The van der Waals surface area contributed by atoms with Crippen LogP contribution in [0.4, 0.5) is 8.78 Å². The van der Waals surface area contributed by atoms with Gasteiger partial charge in [-0.1, -0.05) is 0 Å². The number of H-pyrrole nitrogens is 1. The number of hydrogen-bond acceptors (Lipinski definition) is 3. The Morgan fingerprint density at radius 1 is 1.57 bits per heavy atom. The van der Waals surface area contributed by atoms with E-state index in [2.05, 4.69) is 0 Å². The fraction of sp³-hybridized carbons (Fsp3) is 0.143. The highest BCUT2D eigenvalue weighted by Crippen LogP contribution is 2.27. The predicted molar refractivity (Wildman–Crippen MR) is 43.9 cm³/mol. The molecular formula is C7H4ClF2NO3. The number of carbonyl (C=O) groups is 1. The SMILES string of the molecule is O=C(Cl)c1c[nH]c(=O)c(C(F)F)c1O. The first-order chi connectivity index (χ1) is 6.45. The van der Waals surface area contributed by atoms with Gasteiger partial charge in [0.25, 0.3) is 17.2 Å². The van der Waals surface area contributed by atoms with Crippen LogP contribution in [0.1, 0.15) is 22.3 Å². The Bertz CT molecular complexity index is 429. The van der Waals surface area contributed by atoms with Crippen molar-refractivity contribution < 1.29 is 18.7 Å². The van der Waals surface area contributed by atoms with E-state index < -0.39 is 34.1 Å². The van der Waals surface area contributed by atoms with Crippen molar-refractivity contribution in [2.45, 2.75) is 6.43 Å². The lowest BCUT2D eigenvalue weighted by atomic mass is 10.2. The van der Waals surface area contributed by atoms with Crippen molar-refractivity contribution in [1.82, 2.24) is 4.98 Å². The molecule has 4 nitrogen and oxygen atoms in total. The van der Waals surface area contributed by atoms with Crippen LogP contribution in [-0.4, -0.2) is 15.3 Å². The maximum Gasteiger partial charge on any atom is 0.272 e. The van der Waals surface area contributed by atoms with E-state index in [0.717, 1.165) is 6.20 Å². The number of pyridine rings is 1. The summed E-state index contributed by atoms with van der Waals surface area (Å²) in [5.74, 6) is -1.08. The summed E-state index contributed by atoms with van der Waals surface area (Å²) in [5, 5.41) is 7.98. The minimum absolute atomic E-state index is 0.554. The van der Waals surface area contributed by atoms with E-state index >= 15 is 0 Å². The van der Waals surface area contributed by atoms with Gasteiger partial charge in [-0.3, -0.25) is 9.59 Å². The number of aromatic amines is 1. The molecule has 7 heteroatoms. The molecule has 76 valence electrons. The van der Waals surface area contributed by atoms with Crippen LogP contribution in [0, 0.1) is 0 Å². The Morgan fingerprint density at radius 3 is 2.57 bits per heavy atom. The normalized spacial score (nSPS) is 10.6. The van der Waals surface area contributed by atoms with Gasteiger partial charge in [0.1, 0.15) is 11.3 Å². The molecule has 0 aliphatic rings. The fourth-order valence-electron chi connectivity index (χ4n) is 0.889. The Labute approximate surface area is 81.1 Å². The molecule has 0 atom stereocenters. The summed E-state index contributed by atoms with van der Waals surface area (Å²) in [6.07, 6.45) is -2.39. The van der Waals surface area contributed by atoms with Gasteiger partial charge >= 0.3 is 0 Å². The fourth-order valence-corrected chi connectivity index (χ4v) is 1.03. The second-order valence-electron chi connectivity index (χ2n) is 2.37. The summed E-state index contributed by atoms with van der Waals surface area (Å²) < 4.78 is 24.4. The summed E-state index contributed by atoms with van der Waals surface area (Å²) in [4.78, 5) is 23.3. The lowest BCUT2D eigenvalue weighted by molar-refractivity contribution is 0.107. The largest absolute Gasteiger partial charge is 0.506 e. The Kier molecular flexibility index (Phi) is 2.85. The van der Waals surface area contributed by atoms with Crippen LogP contribution in [-0.2, 0) is 0 Å². The molecule has 1 heterocycles. The standard InChI is InChI=1S/C7H4ClF2NO3/c8-5(13)2-1-11-7(14)3(4(2)12)6(9)10/h1,6H,(H2,11,12,14). The zero-order chi connectivity index (χ0) is 10.9. The zero-order valence-electron chi connectivity index (χ0n) is 6.55. The molecule has 0 saturated heterocycles. The molecule has 0 amide bonds. The third-order valence-electron chi connectivity index (χ3n) is 1.53. The maximum absolute atomic E-state index is 12.2. The minimum atomic E-state index is -3.17. The second-order valence-corrected chi connectivity index (χ2v) is 2.71. The van der Waals surface area contributed by atoms with Crippen molar-refractivity contribution in [3.63, 3.8) is 0 Å². The average Bonchev–Trinajstić information content (AvgIpc) is 2.02. The molecular weight excluding hydrogens is 220 g/mol. The highest BCUT2D eigenvalue weighted by atomic mass is 35.5. The quantitative estimate of drug-likeness (QED) is 0.745. The highest BCUT2D eigenvalue weighted by Gasteiger charge is 2.22. The summed E-state index contributed by atoms with van der Waals surface area (Å²) in [5.41, 5.74) is -2.86. The summed E-state index contributed by atoms with van der Waals surface area (Å²) in [6.45, 7) is 0. The zero-order valence-corrected chi connectivity index (χ0v) is 7.31. The first-order valence-corrected chi connectivity index (χ1v) is 3.75. The van der Waals surface area contributed by atoms with Crippen LogP contribution in [0.5, 0.6) is 5.75 Å². The van der Waals surface area contributed by atoms with Crippen LogP contribution in [0.2, 0.25) is 0 Å². The predicted octanol–water partition coefficient (Wildman–Crippen LogP) is 1.40. The molecule has 0 aliphatic heterocycles. The van der Waals surface area contributed by atoms with Crippen LogP contribution in [0.3, 0.4) is 0 Å². The number of rotatable bonds is 2. The van der Waals surface area contributed by atoms with Crippen LogP contribution >= 0.6 is 11.6 Å². The monoisotopic (exact) mass is 223 g/mol. The Hall–Kier alpha value is -1.43. The van der Waals surface area contributed by atoms with E-state index in [4.69, 9.17) is 16.7 Å². The molecule has 0 fully saturated rings. The molecule has 1 aromatic rings. The summed E-state index contributed by atoms with van der Waals surface area (Å²) in [7, 11) is 0. The molecule has 1 aromatic heterocycles. The maximum atomic E-state index is 12.2. The topological polar surface area (TPSA) is 70.2 Å². The number of aromatic hydroxyl groups is 1. The van der Waals surface area contributed by atoms with Gasteiger partial charge in [0.05, 0.1) is 5.56 Å². The number of nitrogens with one attached hydrogen (secondary N) is 1. The number of aromatic nitrogens is 1. The second kappa shape index (κ2) is 3.75. The number of halogens is 3. The van der Waals surface area contributed by atoms with E-state index in [1.807, 2.05) is 4.98 Å². The van der Waals surface area contributed by atoms with Crippen molar-refractivity contribution >= 4 is 16.8 Å². The summed E-state index contributed by atoms with van der Waals surface area (Å²) in [6, 6.07) is 0. The number of alkyl halides is 2. The molecule has 0 saturated carbocycles. The first kappa shape index (κ1) is 10.6.